The molecule has 0 aliphatic carbocycles. The smallest absolute Gasteiger partial charge is 0.247 e. The monoisotopic (exact) mass is 489 g/mol. The minimum absolute atomic E-state index is 0.0379. The normalized spacial score (nSPS) is 12.4. The summed E-state index contributed by atoms with van der Waals surface area (Å²) in [5.41, 5.74) is -4.61. The Hall–Kier alpha value is -2.64. The van der Waals surface area contributed by atoms with E-state index >= 15 is 0 Å². The van der Waals surface area contributed by atoms with Crippen molar-refractivity contribution < 1.29 is 37.8 Å². The maximum absolute atomic E-state index is 12.4. The Bertz CT molecular complexity index is 1150. The highest BCUT2D eigenvalue weighted by atomic mass is 32.2. The SMILES string of the molecule is C=CS(=O)(=O)OCn1c(=O)n(COS(=O)(=O)C=C)c(=O)n(COS(=O)(=O)C=C)c1=O. The number of nitrogens with zero attached hydrogens (tertiary/aromatic N) is 3. The molecular weight excluding hydrogens is 474 g/mol. The summed E-state index contributed by atoms with van der Waals surface area (Å²) in [5, 5.41) is 1.06. The summed E-state index contributed by atoms with van der Waals surface area (Å²) in [7, 11) is -13.1. The van der Waals surface area contributed by atoms with E-state index in [1.54, 1.807) is 0 Å². The molecule has 1 aromatic heterocycles. The van der Waals surface area contributed by atoms with E-state index in [-0.39, 0.29) is 13.7 Å². The van der Waals surface area contributed by atoms with Crippen LogP contribution in [0.1, 0.15) is 0 Å². The first kappa shape index (κ1) is 25.4. The van der Waals surface area contributed by atoms with E-state index < -0.39 is 67.6 Å². The minimum Gasteiger partial charge on any atom is -0.247 e. The quantitative estimate of drug-likeness (QED) is 0.281. The first-order valence-electron chi connectivity index (χ1n) is 7.20. The standard InChI is InChI=1S/C12H15N3O12S3/c1-4-28(19,20)25-7-13-10(16)14(8-26-29(21,22)5-2)12(18)15(11(13)17)9-27-30(23,24)6-3/h4-6H,1-3,7-9H2. The lowest BCUT2D eigenvalue weighted by molar-refractivity contribution is 0.174. The molecule has 0 saturated carbocycles. The lowest BCUT2D eigenvalue weighted by atomic mass is 10.8. The highest BCUT2D eigenvalue weighted by molar-refractivity contribution is 7.90. The van der Waals surface area contributed by atoms with Crippen molar-refractivity contribution in [3.8, 4) is 0 Å². The molecule has 0 amide bonds. The second-order valence-electron chi connectivity index (χ2n) is 4.85. The van der Waals surface area contributed by atoms with Crippen molar-refractivity contribution >= 4 is 30.4 Å². The van der Waals surface area contributed by atoms with Crippen LogP contribution in [0.4, 0.5) is 0 Å². The zero-order valence-corrected chi connectivity index (χ0v) is 17.4. The van der Waals surface area contributed by atoms with Gasteiger partial charge in [-0.1, -0.05) is 19.7 Å². The zero-order valence-electron chi connectivity index (χ0n) is 14.9. The van der Waals surface area contributed by atoms with Crippen LogP contribution in [0, 0.1) is 0 Å². The fourth-order valence-corrected chi connectivity index (χ4v) is 2.58. The summed E-state index contributed by atoms with van der Waals surface area (Å²) in [6.45, 7) is 5.01. The van der Waals surface area contributed by atoms with Gasteiger partial charge in [0.25, 0.3) is 30.4 Å². The first-order chi connectivity index (χ1) is 13.7. The lowest BCUT2D eigenvalue weighted by Gasteiger charge is -2.13. The molecular formula is C12H15N3O12S3. The maximum Gasteiger partial charge on any atom is 0.340 e. The van der Waals surface area contributed by atoms with Gasteiger partial charge in [-0.25, -0.2) is 40.6 Å². The van der Waals surface area contributed by atoms with Crippen LogP contribution in [0.15, 0.2) is 50.3 Å². The Morgan fingerprint density at radius 3 is 0.933 bits per heavy atom. The van der Waals surface area contributed by atoms with Crippen LogP contribution in [0.3, 0.4) is 0 Å². The van der Waals surface area contributed by atoms with Crippen molar-refractivity contribution in [2.45, 2.75) is 20.2 Å². The van der Waals surface area contributed by atoms with Crippen LogP contribution in [0.25, 0.3) is 0 Å². The molecule has 1 aromatic rings. The van der Waals surface area contributed by atoms with Gasteiger partial charge in [-0.15, -0.1) is 0 Å². The topological polar surface area (TPSA) is 196 Å². The molecule has 0 aliphatic heterocycles. The van der Waals surface area contributed by atoms with Crippen molar-refractivity contribution in [2.75, 3.05) is 0 Å². The Labute approximate surface area is 169 Å². The van der Waals surface area contributed by atoms with Gasteiger partial charge in [0.2, 0.25) is 0 Å². The molecule has 18 heteroatoms. The summed E-state index contributed by atoms with van der Waals surface area (Å²) in [6.07, 6.45) is 0. The third-order valence-electron chi connectivity index (χ3n) is 3.04. The van der Waals surface area contributed by atoms with Gasteiger partial charge in [-0.05, 0) is 0 Å². The predicted octanol–water partition coefficient (Wildman–Crippen LogP) is -2.49. The predicted molar refractivity (Wildman–Crippen MR) is 99.8 cm³/mol. The number of rotatable bonds is 12. The van der Waals surface area contributed by atoms with Crippen LogP contribution in [0.2, 0.25) is 0 Å². The van der Waals surface area contributed by atoms with Gasteiger partial charge in [-0.2, -0.15) is 25.3 Å². The van der Waals surface area contributed by atoms with Gasteiger partial charge in [0, 0.05) is 0 Å². The van der Waals surface area contributed by atoms with Gasteiger partial charge >= 0.3 is 17.1 Å². The summed E-state index contributed by atoms with van der Waals surface area (Å²) in [6, 6.07) is 0. The van der Waals surface area contributed by atoms with Crippen molar-refractivity contribution in [1.82, 2.24) is 13.7 Å². The van der Waals surface area contributed by atoms with Crippen LogP contribution < -0.4 is 17.1 Å². The number of hydrogen-bond donors (Lipinski definition) is 0. The molecule has 0 atom stereocenters. The van der Waals surface area contributed by atoms with E-state index in [0.717, 1.165) is 0 Å². The Morgan fingerprint density at radius 1 is 0.567 bits per heavy atom. The second kappa shape index (κ2) is 9.45. The molecule has 1 heterocycles. The molecule has 0 spiro atoms. The van der Waals surface area contributed by atoms with E-state index in [1.165, 1.54) is 0 Å². The third kappa shape index (κ3) is 6.43. The summed E-state index contributed by atoms with van der Waals surface area (Å²) < 4.78 is 81.3. The van der Waals surface area contributed by atoms with E-state index in [0.29, 0.717) is 16.2 Å². The van der Waals surface area contributed by atoms with Crippen molar-refractivity contribution in [3.05, 3.63) is 67.4 Å². The Balaban J connectivity index is 3.63. The fourth-order valence-electron chi connectivity index (χ4n) is 1.54. The second-order valence-corrected chi connectivity index (χ2v) is 9.51. The number of aromatic nitrogens is 3. The largest absolute Gasteiger partial charge is 0.340 e. The molecule has 0 aromatic carbocycles. The molecule has 0 bridgehead atoms. The maximum atomic E-state index is 12.4. The molecule has 168 valence electrons. The molecule has 0 aliphatic rings. The average Bonchev–Trinajstić information content (AvgIpc) is 2.67. The van der Waals surface area contributed by atoms with Gasteiger partial charge in [0.1, 0.15) is 0 Å². The van der Waals surface area contributed by atoms with Crippen LogP contribution in [-0.4, -0.2) is 39.0 Å². The lowest BCUT2D eigenvalue weighted by Crippen LogP contribution is -2.55. The van der Waals surface area contributed by atoms with Gasteiger partial charge in [-0.3, -0.25) is 0 Å². The minimum atomic E-state index is -4.38. The van der Waals surface area contributed by atoms with Gasteiger partial charge < -0.3 is 0 Å². The van der Waals surface area contributed by atoms with Crippen LogP contribution in [0.5, 0.6) is 0 Å². The molecule has 0 saturated heterocycles. The summed E-state index contributed by atoms with van der Waals surface area (Å²) in [4.78, 5) is 37.1. The molecule has 1 rings (SSSR count). The van der Waals surface area contributed by atoms with E-state index in [1.807, 2.05) is 0 Å². The molecule has 0 fully saturated rings. The highest BCUT2D eigenvalue weighted by Crippen LogP contribution is 1.97. The van der Waals surface area contributed by atoms with E-state index in [4.69, 9.17) is 0 Å². The first-order valence-corrected chi connectivity index (χ1v) is 11.6. The fraction of sp³-hybridized carbons (Fsp3) is 0.250. The van der Waals surface area contributed by atoms with Crippen molar-refractivity contribution in [2.24, 2.45) is 0 Å². The molecule has 30 heavy (non-hydrogen) atoms. The average molecular weight is 489 g/mol. The van der Waals surface area contributed by atoms with Crippen LogP contribution >= 0.6 is 0 Å². The molecule has 0 unspecified atom stereocenters. The van der Waals surface area contributed by atoms with E-state index in [2.05, 4.69) is 32.3 Å². The van der Waals surface area contributed by atoms with Gasteiger partial charge in [0.05, 0.1) is 16.2 Å². The van der Waals surface area contributed by atoms with Crippen LogP contribution in [-0.2, 0) is 63.1 Å². The van der Waals surface area contributed by atoms with Gasteiger partial charge in [0.15, 0.2) is 20.2 Å². The highest BCUT2D eigenvalue weighted by Gasteiger charge is 2.20. The molecule has 0 radical (unpaired) electrons. The zero-order chi connectivity index (χ0) is 23.3. The van der Waals surface area contributed by atoms with Crippen molar-refractivity contribution in [3.63, 3.8) is 0 Å². The Kier molecular flexibility index (Phi) is 8.00. The summed E-state index contributed by atoms with van der Waals surface area (Å²) >= 11 is 0. The Morgan fingerprint density at radius 2 is 0.767 bits per heavy atom. The molecule has 15 nitrogen and oxygen atoms in total. The molecule has 0 N–H and O–H groups in total. The van der Waals surface area contributed by atoms with Crippen molar-refractivity contribution in [1.29, 1.82) is 0 Å². The number of hydrogen-bond acceptors (Lipinski definition) is 12. The third-order valence-corrected chi connectivity index (χ3v) is 5.56. The summed E-state index contributed by atoms with van der Waals surface area (Å²) in [5.74, 6) is 0. The van der Waals surface area contributed by atoms with E-state index in [9.17, 15) is 39.6 Å².